The number of hydrogen-bond donors (Lipinski definition) is 0. The summed E-state index contributed by atoms with van der Waals surface area (Å²) < 4.78 is 80.5. The molecule has 0 aliphatic carbocycles. The highest BCUT2D eigenvalue weighted by Crippen LogP contribution is 2.32. The molecule has 8 nitrogen and oxygen atoms in total. The number of carbonyl (C=O) groups excluding carboxylic acids is 1. The summed E-state index contributed by atoms with van der Waals surface area (Å²) in [4.78, 5) is 20.7. The molecule has 1 unspecified atom stereocenters. The molecule has 0 N–H and O–H groups in total. The van der Waals surface area contributed by atoms with Crippen molar-refractivity contribution in [2.24, 2.45) is 0 Å². The topological polar surface area (TPSA) is 110 Å². The number of oxazole rings is 1. The Hall–Kier alpha value is -2.80. The van der Waals surface area contributed by atoms with Crippen LogP contribution in [0.3, 0.4) is 0 Å². The van der Waals surface area contributed by atoms with Crippen molar-refractivity contribution in [2.75, 3.05) is 19.8 Å². The first-order valence-electron chi connectivity index (χ1n) is 8.69. The van der Waals surface area contributed by atoms with Gasteiger partial charge in [0.2, 0.25) is 5.89 Å². The Morgan fingerprint density at radius 1 is 1.23 bits per heavy atom. The minimum Gasteiger partial charge on any atom is -0.435 e. The van der Waals surface area contributed by atoms with Gasteiger partial charge in [0.25, 0.3) is 5.91 Å². The standard InChI is InChI=1S/C18H16F3N3O5S2/c1-4-31(27,28)14-7-10(17(25)24(2)3)9-22-15(14)16-23-12-8-11(5-6-13(12)29-16)30(26)18(19,20)21/h5-9H,4H2,1-3H3. The fourth-order valence-corrected chi connectivity index (χ4v) is 4.36. The van der Waals surface area contributed by atoms with Gasteiger partial charge in [0.05, 0.1) is 21.1 Å². The van der Waals surface area contributed by atoms with Gasteiger partial charge in [-0.2, -0.15) is 13.2 Å². The number of benzene rings is 1. The number of carbonyl (C=O) groups is 1. The third-order valence-corrected chi connectivity index (χ3v) is 7.05. The lowest BCUT2D eigenvalue weighted by Crippen LogP contribution is -2.22. The molecule has 13 heteroatoms. The number of hydrogen-bond acceptors (Lipinski definition) is 7. The predicted octanol–water partition coefficient (Wildman–Crippen LogP) is 3.01. The van der Waals surface area contributed by atoms with Crippen molar-refractivity contribution in [1.82, 2.24) is 14.9 Å². The van der Waals surface area contributed by atoms with Crippen LogP contribution in [0.2, 0.25) is 0 Å². The molecule has 0 fully saturated rings. The van der Waals surface area contributed by atoms with Gasteiger partial charge in [0.15, 0.2) is 26.2 Å². The number of pyridine rings is 1. The predicted molar refractivity (Wildman–Crippen MR) is 105 cm³/mol. The summed E-state index contributed by atoms with van der Waals surface area (Å²) in [5.74, 6) is -1.03. The summed E-state index contributed by atoms with van der Waals surface area (Å²) in [5, 5.41) is 0. The number of sulfone groups is 1. The van der Waals surface area contributed by atoms with Crippen LogP contribution >= 0.6 is 0 Å². The van der Waals surface area contributed by atoms with Crippen LogP contribution < -0.4 is 0 Å². The van der Waals surface area contributed by atoms with Gasteiger partial charge in [-0.15, -0.1) is 0 Å². The summed E-state index contributed by atoms with van der Waals surface area (Å²) in [7, 11) is -4.14. The van der Waals surface area contributed by atoms with Crippen molar-refractivity contribution in [3.8, 4) is 11.6 Å². The van der Waals surface area contributed by atoms with E-state index in [1.807, 2.05) is 0 Å². The molecule has 1 amide bonds. The lowest BCUT2D eigenvalue weighted by molar-refractivity contribution is -0.0384. The fourth-order valence-electron chi connectivity index (χ4n) is 2.63. The summed E-state index contributed by atoms with van der Waals surface area (Å²) in [6.07, 6.45) is 1.16. The molecule has 0 saturated carbocycles. The molecule has 31 heavy (non-hydrogen) atoms. The Balaban J connectivity index is 2.17. The maximum absolute atomic E-state index is 12.7. The zero-order valence-corrected chi connectivity index (χ0v) is 18.1. The summed E-state index contributed by atoms with van der Waals surface area (Å²) in [5.41, 5.74) is -5.11. The quantitative estimate of drug-likeness (QED) is 0.558. The van der Waals surface area contributed by atoms with Crippen LogP contribution in [0.4, 0.5) is 13.2 Å². The Kier molecular flexibility index (Phi) is 5.93. The first kappa shape index (κ1) is 22.9. The first-order valence-corrected chi connectivity index (χ1v) is 11.5. The molecule has 3 rings (SSSR count). The van der Waals surface area contributed by atoms with E-state index in [0.29, 0.717) is 0 Å². The van der Waals surface area contributed by atoms with Gasteiger partial charge >= 0.3 is 5.51 Å². The van der Waals surface area contributed by atoms with E-state index in [1.165, 1.54) is 25.9 Å². The Morgan fingerprint density at radius 2 is 1.90 bits per heavy atom. The van der Waals surface area contributed by atoms with Crippen LogP contribution in [0, 0.1) is 0 Å². The van der Waals surface area contributed by atoms with Crippen molar-refractivity contribution < 1.29 is 35.0 Å². The van der Waals surface area contributed by atoms with Gasteiger partial charge in [-0.3, -0.25) is 4.79 Å². The molecule has 2 heterocycles. The van der Waals surface area contributed by atoms with Crippen LogP contribution in [-0.4, -0.2) is 58.8 Å². The molecule has 2 aromatic heterocycles. The smallest absolute Gasteiger partial charge is 0.435 e. The molecule has 0 saturated heterocycles. The molecule has 0 aliphatic rings. The Labute approximate surface area is 177 Å². The highest BCUT2D eigenvalue weighted by Gasteiger charge is 2.38. The molecular formula is C18H16F3N3O5S2. The van der Waals surface area contributed by atoms with Gasteiger partial charge in [-0.1, -0.05) is 6.92 Å². The molecule has 3 aromatic rings. The van der Waals surface area contributed by atoms with E-state index < -0.39 is 36.9 Å². The number of alkyl halides is 3. The van der Waals surface area contributed by atoms with E-state index in [4.69, 9.17) is 4.42 Å². The van der Waals surface area contributed by atoms with Gasteiger partial charge in [0, 0.05) is 20.3 Å². The highest BCUT2D eigenvalue weighted by atomic mass is 32.2. The molecule has 0 aliphatic heterocycles. The summed E-state index contributed by atoms with van der Waals surface area (Å²) in [6.45, 7) is 1.41. The number of nitrogens with zero attached hydrogens (tertiary/aromatic N) is 3. The molecule has 1 atom stereocenters. The largest absolute Gasteiger partial charge is 0.475 e. The second-order valence-corrected chi connectivity index (χ2v) is 10.3. The van der Waals surface area contributed by atoms with Crippen LogP contribution in [0.5, 0.6) is 0 Å². The number of rotatable bonds is 5. The SMILES string of the molecule is CCS(=O)(=O)c1cc(C(=O)N(C)C)cnc1-c1nc2cc(S(=O)C(F)(F)F)ccc2o1. The minimum absolute atomic E-state index is 0.0275. The van der Waals surface area contributed by atoms with Crippen molar-refractivity contribution in [3.63, 3.8) is 0 Å². The van der Waals surface area contributed by atoms with Crippen molar-refractivity contribution in [1.29, 1.82) is 0 Å². The van der Waals surface area contributed by atoms with E-state index in [1.54, 1.807) is 0 Å². The van der Waals surface area contributed by atoms with Crippen LogP contribution in [-0.2, 0) is 20.6 Å². The maximum Gasteiger partial charge on any atom is 0.475 e. The fraction of sp³-hybridized carbons (Fsp3) is 0.278. The molecule has 0 bridgehead atoms. The monoisotopic (exact) mass is 475 g/mol. The van der Waals surface area contributed by atoms with E-state index in [2.05, 4.69) is 9.97 Å². The average Bonchev–Trinajstić information content (AvgIpc) is 3.14. The van der Waals surface area contributed by atoms with E-state index in [9.17, 15) is 30.6 Å². The second kappa shape index (κ2) is 8.04. The molecular weight excluding hydrogens is 459 g/mol. The molecule has 0 radical (unpaired) electrons. The van der Waals surface area contributed by atoms with Gasteiger partial charge in [-0.05, 0) is 24.3 Å². The van der Waals surface area contributed by atoms with Crippen molar-refractivity contribution in [3.05, 3.63) is 36.0 Å². The van der Waals surface area contributed by atoms with E-state index in [0.717, 1.165) is 30.5 Å². The number of aromatic nitrogens is 2. The normalized spacial score (nSPS) is 13.4. The zero-order chi connectivity index (χ0) is 23.1. The lowest BCUT2D eigenvalue weighted by atomic mass is 10.2. The van der Waals surface area contributed by atoms with Crippen LogP contribution in [0.1, 0.15) is 17.3 Å². The van der Waals surface area contributed by atoms with Crippen molar-refractivity contribution in [2.45, 2.75) is 22.2 Å². The summed E-state index contributed by atoms with van der Waals surface area (Å²) in [6, 6.07) is 4.24. The number of fused-ring (bicyclic) bond motifs is 1. The van der Waals surface area contributed by atoms with E-state index in [-0.39, 0.29) is 38.9 Å². The second-order valence-electron chi connectivity index (χ2n) is 6.54. The van der Waals surface area contributed by atoms with Crippen LogP contribution in [0.15, 0.2) is 44.7 Å². The Morgan fingerprint density at radius 3 is 2.48 bits per heavy atom. The lowest BCUT2D eigenvalue weighted by Gasteiger charge is -2.12. The van der Waals surface area contributed by atoms with Gasteiger partial charge < -0.3 is 9.32 Å². The van der Waals surface area contributed by atoms with Crippen molar-refractivity contribution >= 4 is 37.6 Å². The van der Waals surface area contributed by atoms with Gasteiger partial charge in [-0.25, -0.2) is 22.6 Å². The first-order chi connectivity index (χ1) is 14.3. The zero-order valence-electron chi connectivity index (χ0n) is 16.4. The molecule has 166 valence electrons. The van der Waals surface area contributed by atoms with Gasteiger partial charge in [0.1, 0.15) is 11.2 Å². The third-order valence-electron chi connectivity index (χ3n) is 4.21. The highest BCUT2D eigenvalue weighted by molar-refractivity contribution is 7.91. The number of amides is 1. The third kappa shape index (κ3) is 4.46. The minimum atomic E-state index is -4.95. The van der Waals surface area contributed by atoms with E-state index >= 15 is 0 Å². The number of halogens is 3. The summed E-state index contributed by atoms with van der Waals surface area (Å²) >= 11 is 0. The molecule has 1 aromatic carbocycles. The Bertz CT molecular complexity index is 1300. The van der Waals surface area contributed by atoms with Crippen LogP contribution in [0.25, 0.3) is 22.7 Å². The molecule has 0 spiro atoms. The maximum atomic E-state index is 12.7. The average molecular weight is 475 g/mol.